The molecule has 2 bridgehead atoms. The number of carbonyl (C=O) groups is 3. The van der Waals surface area contributed by atoms with Crippen molar-refractivity contribution in [3.8, 4) is 0 Å². The van der Waals surface area contributed by atoms with Crippen molar-refractivity contribution in [2.45, 2.75) is 70.2 Å². The molecule has 3 heterocycles. The molecular formula is C29H39N3O5. The monoisotopic (exact) mass is 509 g/mol. The van der Waals surface area contributed by atoms with Gasteiger partial charge >= 0.3 is 0 Å². The summed E-state index contributed by atoms with van der Waals surface area (Å²) in [5, 5.41) is 6.27. The first-order valence-electron chi connectivity index (χ1n) is 13.6. The largest absolute Gasteiger partial charge is 0.385 e. The van der Waals surface area contributed by atoms with Crippen molar-refractivity contribution in [1.82, 2.24) is 10.2 Å². The third-order valence-corrected chi connectivity index (χ3v) is 8.99. The minimum atomic E-state index is -1.14. The number of hydrogen-bond acceptors (Lipinski definition) is 5. The van der Waals surface area contributed by atoms with E-state index in [1.165, 1.54) is 0 Å². The zero-order valence-corrected chi connectivity index (χ0v) is 22.2. The molecule has 1 spiro atoms. The average molecular weight is 510 g/mol. The zero-order chi connectivity index (χ0) is 26.3. The Bertz CT molecular complexity index is 1090. The minimum absolute atomic E-state index is 0.0608. The number of rotatable bonds is 8. The van der Waals surface area contributed by atoms with Gasteiger partial charge in [-0.25, -0.2) is 0 Å². The number of carbonyl (C=O) groups excluding carboxylic acids is 3. The minimum Gasteiger partial charge on any atom is -0.385 e. The molecule has 8 nitrogen and oxygen atoms in total. The normalized spacial score (nSPS) is 36.1. The number of nitrogens with zero attached hydrogens (tertiary/aromatic N) is 1. The van der Waals surface area contributed by atoms with Gasteiger partial charge in [-0.2, -0.15) is 0 Å². The number of nitrogens with one attached hydrogen (secondary N) is 2. The Hall–Kier alpha value is -2.71. The Morgan fingerprint density at radius 2 is 2.03 bits per heavy atom. The van der Waals surface area contributed by atoms with Crippen molar-refractivity contribution in [2.24, 2.45) is 23.7 Å². The Morgan fingerprint density at radius 1 is 1.22 bits per heavy atom. The van der Waals surface area contributed by atoms with Crippen LogP contribution >= 0.6 is 0 Å². The number of amides is 3. The number of hydrogen-bond donors (Lipinski definition) is 2. The Morgan fingerprint density at radius 3 is 2.78 bits per heavy atom. The van der Waals surface area contributed by atoms with Crippen LogP contribution in [0.3, 0.4) is 0 Å². The molecule has 0 aromatic heterocycles. The number of methoxy groups -OCH3 is 1. The van der Waals surface area contributed by atoms with Gasteiger partial charge in [0.2, 0.25) is 17.7 Å². The highest BCUT2D eigenvalue weighted by Gasteiger charge is 2.72. The van der Waals surface area contributed by atoms with Crippen molar-refractivity contribution in [1.29, 1.82) is 0 Å². The fourth-order valence-corrected chi connectivity index (χ4v) is 6.88. The van der Waals surface area contributed by atoms with Gasteiger partial charge in [0.05, 0.1) is 17.9 Å². The molecular weight excluding hydrogens is 470 g/mol. The lowest BCUT2D eigenvalue weighted by Gasteiger charge is -2.38. The van der Waals surface area contributed by atoms with E-state index in [1.807, 2.05) is 43.3 Å². The van der Waals surface area contributed by atoms with Crippen LogP contribution in [0.4, 0.5) is 5.69 Å². The first-order chi connectivity index (χ1) is 17.8. The third kappa shape index (κ3) is 4.48. The quantitative estimate of drug-likeness (QED) is 0.415. The van der Waals surface area contributed by atoms with Gasteiger partial charge in [-0.15, -0.1) is 0 Å². The van der Waals surface area contributed by atoms with E-state index in [2.05, 4.69) is 24.5 Å². The lowest BCUT2D eigenvalue weighted by atomic mass is 9.73. The molecule has 3 aliphatic heterocycles. The second-order valence-electron chi connectivity index (χ2n) is 11.3. The molecule has 1 aromatic carbocycles. The van der Waals surface area contributed by atoms with Gasteiger partial charge in [-0.05, 0) is 49.3 Å². The van der Waals surface area contributed by atoms with Crippen LogP contribution in [0.1, 0.15) is 45.1 Å². The second kappa shape index (κ2) is 10.2. The van der Waals surface area contributed by atoms with E-state index in [0.717, 1.165) is 24.8 Å². The summed E-state index contributed by atoms with van der Waals surface area (Å²) >= 11 is 0. The molecule has 1 saturated carbocycles. The lowest BCUT2D eigenvalue weighted by molar-refractivity contribution is -0.141. The number of fused-ring (bicyclic) bond motifs is 1. The average Bonchev–Trinajstić information content (AvgIpc) is 3.50. The smallest absolute Gasteiger partial charge is 0.246 e. The van der Waals surface area contributed by atoms with Crippen molar-refractivity contribution in [3.05, 3.63) is 42.0 Å². The van der Waals surface area contributed by atoms with Crippen LogP contribution in [0.15, 0.2) is 36.4 Å². The SMILES string of the molecule is COCCCN1C(=O)[C@H]2[C@H](C(=O)Nc3cccc(C)c3)[C@H]3C=C[C@@]2(O3)[C@@H]1C(=O)N[C@@H]1CCC[C@H](C)[C@@H]1C. The van der Waals surface area contributed by atoms with E-state index >= 15 is 0 Å². The van der Waals surface area contributed by atoms with E-state index in [-0.39, 0.29) is 23.8 Å². The second-order valence-corrected chi connectivity index (χ2v) is 11.3. The number of benzene rings is 1. The van der Waals surface area contributed by atoms with Gasteiger partial charge in [0.1, 0.15) is 11.6 Å². The molecule has 0 radical (unpaired) electrons. The first-order valence-corrected chi connectivity index (χ1v) is 13.6. The molecule has 5 rings (SSSR count). The van der Waals surface area contributed by atoms with Crippen LogP contribution in [-0.2, 0) is 23.9 Å². The summed E-state index contributed by atoms with van der Waals surface area (Å²) in [6.07, 6.45) is 6.95. The van der Waals surface area contributed by atoms with Crippen molar-refractivity contribution in [3.63, 3.8) is 0 Å². The Labute approximate surface area is 219 Å². The standard InChI is InChI=1S/C29H39N3O5/c1-17-8-5-10-20(16-17)30-26(33)23-22-12-13-29(37-22)24(23)28(35)32(14-7-15-36-4)25(29)27(34)31-21-11-6-9-18(2)19(21)3/h5,8,10,12-13,16,18-19,21-25H,6-7,9,11,14-15H2,1-4H3,(H,30,33)(H,31,34)/t18-,19-,21+,22+,23+,24+,25-,29-/m0/s1. The van der Waals surface area contributed by atoms with Gasteiger partial charge in [0.25, 0.3) is 0 Å². The molecule has 200 valence electrons. The maximum absolute atomic E-state index is 13.9. The molecule has 3 amide bonds. The first kappa shape index (κ1) is 25.9. The molecule has 2 N–H and O–H groups in total. The highest BCUT2D eigenvalue weighted by molar-refractivity contribution is 6.02. The van der Waals surface area contributed by atoms with Crippen LogP contribution in [0, 0.1) is 30.6 Å². The Balaban J connectivity index is 1.42. The van der Waals surface area contributed by atoms with Crippen LogP contribution in [0.2, 0.25) is 0 Å². The van der Waals surface area contributed by atoms with E-state index in [1.54, 1.807) is 12.0 Å². The summed E-state index contributed by atoms with van der Waals surface area (Å²) in [7, 11) is 1.62. The molecule has 2 saturated heterocycles. The van der Waals surface area contributed by atoms with Crippen LogP contribution in [-0.4, -0.2) is 66.7 Å². The summed E-state index contributed by atoms with van der Waals surface area (Å²) in [5.41, 5.74) is 0.572. The van der Waals surface area contributed by atoms with Gasteiger partial charge in [-0.1, -0.05) is 51.0 Å². The highest BCUT2D eigenvalue weighted by atomic mass is 16.5. The van der Waals surface area contributed by atoms with Crippen molar-refractivity contribution in [2.75, 3.05) is 25.6 Å². The summed E-state index contributed by atoms with van der Waals surface area (Å²) in [5.74, 6) is -1.20. The zero-order valence-electron chi connectivity index (χ0n) is 22.2. The molecule has 4 aliphatic rings. The number of aryl methyl sites for hydroxylation is 1. The van der Waals surface area contributed by atoms with Crippen molar-refractivity contribution >= 4 is 23.4 Å². The lowest BCUT2D eigenvalue weighted by Crippen LogP contribution is -2.58. The summed E-state index contributed by atoms with van der Waals surface area (Å²) in [6, 6.07) is 6.82. The molecule has 3 fully saturated rings. The molecule has 0 unspecified atom stereocenters. The third-order valence-electron chi connectivity index (χ3n) is 8.99. The predicted octanol–water partition coefficient (Wildman–Crippen LogP) is 3.06. The van der Waals surface area contributed by atoms with Gasteiger partial charge in [0, 0.05) is 32.0 Å². The maximum atomic E-state index is 13.9. The molecule has 1 aromatic rings. The maximum Gasteiger partial charge on any atom is 0.246 e. The van der Waals surface area contributed by atoms with E-state index in [0.29, 0.717) is 37.1 Å². The van der Waals surface area contributed by atoms with Crippen molar-refractivity contribution < 1.29 is 23.9 Å². The van der Waals surface area contributed by atoms with Gasteiger partial charge in [-0.3, -0.25) is 14.4 Å². The van der Waals surface area contributed by atoms with Crippen LogP contribution in [0.5, 0.6) is 0 Å². The molecule has 37 heavy (non-hydrogen) atoms. The van der Waals surface area contributed by atoms with Crippen LogP contribution in [0.25, 0.3) is 0 Å². The molecule has 8 atom stereocenters. The summed E-state index contributed by atoms with van der Waals surface area (Å²) in [4.78, 5) is 43.0. The van der Waals surface area contributed by atoms with Gasteiger partial charge < -0.3 is 25.0 Å². The summed E-state index contributed by atoms with van der Waals surface area (Å²) < 4.78 is 11.7. The van der Waals surface area contributed by atoms with Gasteiger partial charge in [0.15, 0.2) is 0 Å². The fourth-order valence-electron chi connectivity index (χ4n) is 6.88. The number of likely N-dealkylation sites (tertiary alicyclic amines) is 1. The number of anilines is 1. The molecule has 8 heteroatoms. The number of ether oxygens (including phenoxy) is 2. The Kier molecular flexibility index (Phi) is 7.16. The predicted molar refractivity (Wildman–Crippen MR) is 140 cm³/mol. The summed E-state index contributed by atoms with van der Waals surface area (Å²) in [6.45, 7) is 7.23. The highest BCUT2D eigenvalue weighted by Crippen LogP contribution is 2.55. The topological polar surface area (TPSA) is 97.0 Å². The van der Waals surface area contributed by atoms with E-state index < -0.39 is 29.6 Å². The molecule has 1 aliphatic carbocycles. The van der Waals surface area contributed by atoms with E-state index in [9.17, 15) is 14.4 Å². The fraction of sp³-hybridized carbons (Fsp3) is 0.621. The van der Waals surface area contributed by atoms with E-state index in [4.69, 9.17) is 9.47 Å². The van der Waals surface area contributed by atoms with Crippen LogP contribution < -0.4 is 10.6 Å².